The van der Waals surface area contributed by atoms with Gasteiger partial charge in [0.2, 0.25) is 5.91 Å². The number of hydrogen-bond donors (Lipinski definition) is 1. The van der Waals surface area contributed by atoms with Crippen LogP contribution < -0.4 is 5.32 Å². The van der Waals surface area contributed by atoms with Crippen LogP contribution in [0, 0.1) is 5.92 Å². The lowest BCUT2D eigenvalue weighted by molar-refractivity contribution is -0.141. The highest BCUT2D eigenvalue weighted by molar-refractivity contribution is 5.80. The highest BCUT2D eigenvalue weighted by Crippen LogP contribution is 2.22. The number of rotatable bonds is 4. The Labute approximate surface area is 151 Å². The van der Waals surface area contributed by atoms with E-state index in [0.29, 0.717) is 39.4 Å². The predicted molar refractivity (Wildman–Crippen MR) is 95.4 cm³/mol. The van der Waals surface area contributed by atoms with Crippen molar-refractivity contribution in [3.63, 3.8) is 0 Å². The van der Waals surface area contributed by atoms with Gasteiger partial charge >= 0.3 is 6.09 Å². The van der Waals surface area contributed by atoms with Gasteiger partial charge < -0.3 is 24.6 Å². The van der Waals surface area contributed by atoms with Crippen molar-refractivity contribution in [1.29, 1.82) is 0 Å². The minimum absolute atomic E-state index is 0.121. The second-order valence-electron chi connectivity index (χ2n) is 7.91. The van der Waals surface area contributed by atoms with Gasteiger partial charge in [0, 0.05) is 32.2 Å². The van der Waals surface area contributed by atoms with Crippen molar-refractivity contribution in [2.75, 3.05) is 45.9 Å². The van der Waals surface area contributed by atoms with Crippen LogP contribution in [0.4, 0.5) is 4.79 Å². The Bertz CT molecular complexity index is 458. The van der Waals surface area contributed by atoms with Crippen molar-refractivity contribution in [1.82, 2.24) is 15.1 Å². The number of piperidine rings is 1. The van der Waals surface area contributed by atoms with Gasteiger partial charge in [0.15, 0.2) is 0 Å². The molecule has 2 fully saturated rings. The Hall–Kier alpha value is -1.34. The van der Waals surface area contributed by atoms with Crippen LogP contribution in [0.2, 0.25) is 0 Å². The van der Waals surface area contributed by atoms with Crippen molar-refractivity contribution in [3.8, 4) is 0 Å². The van der Waals surface area contributed by atoms with Crippen LogP contribution in [-0.4, -0.2) is 79.4 Å². The quantitative estimate of drug-likeness (QED) is 0.827. The lowest BCUT2D eigenvalue weighted by Gasteiger charge is -2.40. The molecule has 0 bridgehead atoms. The standard InChI is InChI=1S/C18H33N3O4/c1-5-6-19-15-11-14(16(22)20-7-9-24-10-8-20)12-21(13-15)17(23)25-18(2,3)4/h14-15,19H,5-13H2,1-4H3/t14-,15+/m1/s1. The Kier molecular flexibility index (Phi) is 7.07. The molecule has 2 rings (SSSR count). The molecule has 1 N–H and O–H groups in total. The molecule has 2 aliphatic heterocycles. The molecular formula is C18H33N3O4. The van der Waals surface area contributed by atoms with Gasteiger partial charge in [-0.15, -0.1) is 0 Å². The first-order valence-electron chi connectivity index (χ1n) is 9.38. The average molecular weight is 355 g/mol. The molecule has 2 amide bonds. The summed E-state index contributed by atoms with van der Waals surface area (Å²) in [6.07, 6.45) is 1.44. The second kappa shape index (κ2) is 8.85. The van der Waals surface area contributed by atoms with Crippen molar-refractivity contribution in [3.05, 3.63) is 0 Å². The molecule has 2 aliphatic rings. The van der Waals surface area contributed by atoms with Crippen molar-refractivity contribution in [2.24, 2.45) is 5.92 Å². The molecule has 2 heterocycles. The summed E-state index contributed by atoms with van der Waals surface area (Å²) in [5, 5.41) is 3.46. The Balaban J connectivity index is 2.04. The summed E-state index contributed by atoms with van der Waals surface area (Å²) in [6, 6.07) is 0.121. The first-order chi connectivity index (χ1) is 11.8. The van der Waals surface area contributed by atoms with E-state index >= 15 is 0 Å². The van der Waals surface area contributed by atoms with E-state index in [0.717, 1.165) is 19.4 Å². The minimum Gasteiger partial charge on any atom is -0.444 e. The monoisotopic (exact) mass is 355 g/mol. The van der Waals surface area contributed by atoms with E-state index in [1.807, 2.05) is 25.7 Å². The van der Waals surface area contributed by atoms with E-state index in [-0.39, 0.29) is 24.0 Å². The molecule has 7 nitrogen and oxygen atoms in total. The lowest BCUT2D eigenvalue weighted by Crippen LogP contribution is -2.56. The second-order valence-corrected chi connectivity index (χ2v) is 7.91. The zero-order chi connectivity index (χ0) is 18.4. The maximum Gasteiger partial charge on any atom is 0.410 e. The van der Waals surface area contributed by atoms with Crippen LogP contribution in [0.15, 0.2) is 0 Å². The fourth-order valence-corrected chi connectivity index (χ4v) is 3.29. The van der Waals surface area contributed by atoms with Crippen LogP contribution >= 0.6 is 0 Å². The van der Waals surface area contributed by atoms with Crippen LogP contribution in [-0.2, 0) is 14.3 Å². The molecule has 0 spiro atoms. The number of nitrogens with zero attached hydrogens (tertiary/aromatic N) is 2. The summed E-state index contributed by atoms with van der Waals surface area (Å²) < 4.78 is 10.9. The normalized spacial score (nSPS) is 25.0. The number of nitrogens with one attached hydrogen (secondary N) is 1. The molecule has 0 aromatic rings. The number of carbonyl (C=O) groups is 2. The molecule has 25 heavy (non-hydrogen) atoms. The third-order valence-electron chi connectivity index (χ3n) is 4.46. The number of morpholine rings is 1. The van der Waals surface area contributed by atoms with Crippen LogP contribution in [0.25, 0.3) is 0 Å². The molecule has 0 aromatic carbocycles. The first-order valence-corrected chi connectivity index (χ1v) is 9.38. The molecule has 2 saturated heterocycles. The summed E-state index contributed by atoms with van der Waals surface area (Å²) in [5.74, 6) is -0.0615. The Morgan fingerprint density at radius 1 is 1.16 bits per heavy atom. The van der Waals surface area contributed by atoms with Crippen LogP contribution in [0.5, 0.6) is 0 Å². The van der Waals surface area contributed by atoms with Gasteiger partial charge in [-0.1, -0.05) is 6.92 Å². The fourth-order valence-electron chi connectivity index (χ4n) is 3.29. The fraction of sp³-hybridized carbons (Fsp3) is 0.889. The topological polar surface area (TPSA) is 71.1 Å². The highest BCUT2D eigenvalue weighted by atomic mass is 16.6. The third-order valence-corrected chi connectivity index (χ3v) is 4.46. The van der Waals surface area contributed by atoms with E-state index in [9.17, 15) is 9.59 Å². The van der Waals surface area contributed by atoms with Crippen molar-refractivity contribution < 1.29 is 19.1 Å². The highest BCUT2D eigenvalue weighted by Gasteiger charge is 2.37. The van der Waals surface area contributed by atoms with Gasteiger partial charge in [-0.05, 0) is 40.2 Å². The lowest BCUT2D eigenvalue weighted by atomic mass is 9.92. The molecule has 0 unspecified atom stereocenters. The Morgan fingerprint density at radius 3 is 2.44 bits per heavy atom. The SMILES string of the molecule is CCCN[C@H]1C[C@@H](C(=O)N2CCOCC2)CN(C(=O)OC(C)(C)C)C1. The van der Waals surface area contributed by atoms with Gasteiger partial charge in [-0.25, -0.2) is 4.79 Å². The minimum atomic E-state index is -0.537. The molecule has 0 aliphatic carbocycles. The number of hydrogen-bond acceptors (Lipinski definition) is 5. The molecule has 2 atom stereocenters. The molecule has 0 aromatic heterocycles. The van der Waals surface area contributed by atoms with E-state index in [1.165, 1.54) is 0 Å². The van der Waals surface area contributed by atoms with E-state index in [4.69, 9.17) is 9.47 Å². The smallest absolute Gasteiger partial charge is 0.410 e. The van der Waals surface area contributed by atoms with Gasteiger partial charge in [0.25, 0.3) is 0 Å². The molecule has 7 heteroatoms. The summed E-state index contributed by atoms with van der Waals surface area (Å²) in [5.41, 5.74) is -0.537. The third kappa shape index (κ3) is 6.15. The molecule has 0 saturated carbocycles. The van der Waals surface area contributed by atoms with Crippen LogP contribution in [0.3, 0.4) is 0 Å². The summed E-state index contributed by atoms with van der Waals surface area (Å²) in [6.45, 7) is 12.0. The number of likely N-dealkylation sites (tertiary alicyclic amines) is 1. The first kappa shape index (κ1) is 20.0. The van der Waals surface area contributed by atoms with Crippen LogP contribution in [0.1, 0.15) is 40.5 Å². The molecular weight excluding hydrogens is 322 g/mol. The van der Waals surface area contributed by atoms with Crippen molar-refractivity contribution >= 4 is 12.0 Å². The molecule has 144 valence electrons. The molecule has 0 radical (unpaired) electrons. The van der Waals surface area contributed by atoms with Crippen molar-refractivity contribution in [2.45, 2.75) is 52.2 Å². The maximum atomic E-state index is 12.9. The van der Waals surface area contributed by atoms with E-state index in [2.05, 4.69) is 12.2 Å². The number of amides is 2. The van der Waals surface area contributed by atoms with Gasteiger partial charge in [-0.3, -0.25) is 4.79 Å². The van der Waals surface area contributed by atoms with Gasteiger partial charge in [0.1, 0.15) is 5.60 Å². The van der Waals surface area contributed by atoms with Gasteiger partial charge in [0.05, 0.1) is 19.1 Å². The number of ether oxygens (including phenoxy) is 2. The average Bonchev–Trinajstić information content (AvgIpc) is 2.58. The zero-order valence-electron chi connectivity index (χ0n) is 16.0. The zero-order valence-corrected chi connectivity index (χ0v) is 16.0. The Morgan fingerprint density at radius 2 is 1.84 bits per heavy atom. The largest absolute Gasteiger partial charge is 0.444 e. The number of carbonyl (C=O) groups excluding carboxylic acids is 2. The predicted octanol–water partition coefficient (Wildman–Crippen LogP) is 1.47. The van der Waals surface area contributed by atoms with Gasteiger partial charge in [-0.2, -0.15) is 0 Å². The maximum absolute atomic E-state index is 12.9. The summed E-state index contributed by atoms with van der Waals surface area (Å²) in [7, 11) is 0. The van der Waals surface area contributed by atoms with E-state index in [1.54, 1.807) is 4.90 Å². The van der Waals surface area contributed by atoms with E-state index < -0.39 is 5.60 Å². The summed E-state index contributed by atoms with van der Waals surface area (Å²) in [4.78, 5) is 28.9. The summed E-state index contributed by atoms with van der Waals surface area (Å²) >= 11 is 0.